The number of H-pyrrole nitrogens is 1. The van der Waals surface area contributed by atoms with Crippen molar-refractivity contribution in [2.24, 2.45) is 5.92 Å². The fourth-order valence-electron chi connectivity index (χ4n) is 7.88. The van der Waals surface area contributed by atoms with Gasteiger partial charge in [-0.25, -0.2) is 19.6 Å². The minimum atomic E-state index is -0.748. The summed E-state index contributed by atoms with van der Waals surface area (Å²) in [7, 11) is 4.95. The van der Waals surface area contributed by atoms with Crippen LogP contribution in [-0.2, 0) is 19.1 Å². The fourth-order valence-corrected chi connectivity index (χ4v) is 8.89. The number of aromatic amines is 1. The summed E-state index contributed by atoms with van der Waals surface area (Å²) >= 11 is 1.48. The number of nitrogens with zero attached hydrogens (tertiary/aromatic N) is 5. The third-order valence-corrected chi connectivity index (χ3v) is 11.9. The zero-order valence-electron chi connectivity index (χ0n) is 33.7. The van der Waals surface area contributed by atoms with Gasteiger partial charge in [0.05, 0.1) is 35.3 Å². The van der Waals surface area contributed by atoms with Crippen molar-refractivity contribution in [1.82, 2.24) is 40.3 Å². The summed E-state index contributed by atoms with van der Waals surface area (Å²) in [5.74, 6) is -0.287. The number of imide groups is 1. The summed E-state index contributed by atoms with van der Waals surface area (Å²) in [6, 6.07) is 19.9. The second kappa shape index (κ2) is 17.8. The van der Waals surface area contributed by atoms with Crippen molar-refractivity contribution < 1.29 is 28.7 Å². The predicted molar refractivity (Wildman–Crippen MR) is 225 cm³/mol. The van der Waals surface area contributed by atoms with Crippen LogP contribution in [0.15, 0.2) is 79.0 Å². The lowest BCUT2D eigenvalue weighted by Crippen LogP contribution is -2.51. The number of thiazole rings is 1. The van der Waals surface area contributed by atoms with Crippen LogP contribution in [0.2, 0.25) is 0 Å². The number of alkyl carbamates (subject to hydrolysis) is 1. The predicted octanol–water partition coefficient (Wildman–Crippen LogP) is 6.34. The highest BCUT2D eigenvalue weighted by atomic mass is 32.1. The second-order valence-electron chi connectivity index (χ2n) is 15.4. The van der Waals surface area contributed by atoms with E-state index in [1.54, 1.807) is 22.1 Å². The number of methoxy groups -OCH3 is 1. The molecule has 15 nitrogen and oxygen atoms in total. The van der Waals surface area contributed by atoms with Gasteiger partial charge in [-0.1, -0.05) is 68.4 Å². The minimum Gasteiger partial charge on any atom is -0.453 e. The molecule has 4 heterocycles. The molecule has 6 amide bonds. The number of aromatic nitrogens is 3. The van der Waals surface area contributed by atoms with E-state index in [1.165, 1.54) is 18.4 Å². The van der Waals surface area contributed by atoms with Crippen molar-refractivity contribution in [3.8, 4) is 21.8 Å². The van der Waals surface area contributed by atoms with Crippen LogP contribution in [-0.4, -0.2) is 106 Å². The van der Waals surface area contributed by atoms with Crippen molar-refractivity contribution >= 4 is 57.1 Å². The Morgan fingerprint density at radius 3 is 2.32 bits per heavy atom. The largest absolute Gasteiger partial charge is 0.453 e. The number of imidazole rings is 1. The molecule has 0 bridgehead atoms. The molecule has 4 atom stereocenters. The third-order valence-electron chi connectivity index (χ3n) is 10.9. The number of ether oxygens (including phenoxy) is 1. The maximum absolute atomic E-state index is 13.7. The molecule has 2 aliphatic rings. The first kappa shape index (κ1) is 41.0. The van der Waals surface area contributed by atoms with E-state index in [9.17, 15) is 24.0 Å². The number of nitrogens with one attached hydrogen (secondary N) is 4. The molecule has 0 spiro atoms. The highest BCUT2D eigenvalue weighted by molar-refractivity contribution is 7.21. The summed E-state index contributed by atoms with van der Waals surface area (Å²) in [5, 5.41) is 8.70. The van der Waals surface area contributed by atoms with Crippen LogP contribution in [0.25, 0.3) is 32.0 Å². The van der Waals surface area contributed by atoms with Gasteiger partial charge in [0.1, 0.15) is 29.0 Å². The number of likely N-dealkylation sites (N-methyl/N-ethyl adjacent to an activating group) is 1. The molecule has 5 aromatic rings. The minimum absolute atomic E-state index is 0.123. The zero-order valence-corrected chi connectivity index (χ0v) is 34.5. The van der Waals surface area contributed by atoms with E-state index in [1.807, 2.05) is 99.6 Å². The van der Waals surface area contributed by atoms with E-state index >= 15 is 0 Å². The van der Waals surface area contributed by atoms with Gasteiger partial charge in [-0.05, 0) is 75.0 Å². The van der Waals surface area contributed by atoms with Gasteiger partial charge in [-0.3, -0.25) is 24.6 Å². The number of rotatable bonds is 11. The molecule has 3 unspecified atom stereocenters. The summed E-state index contributed by atoms with van der Waals surface area (Å²) in [5.41, 5.74) is 4.75. The summed E-state index contributed by atoms with van der Waals surface area (Å²) in [6.07, 6.45) is 3.85. The van der Waals surface area contributed by atoms with E-state index < -0.39 is 36.2 Å². The number of carbonyl (C=O) groups is 5. The maximum atomic E-state index is 13.7. The van der Waals surface area contributed by atoms with Crippen LogP contribution in [0, 0.1) is 5.92 Å². The van der Waals surface area contributed by atoms with Crippen molar-refractivity contribution in [3.63, 3.8) is 0 Å². The number of benzene rings is 3. The van der Waals surface area contributed by atoms with E-state index in [-0.39, 0.29) is 23.8 Å². The maximum Gasteiger partial charge on any atom is 0.407 e. The van der Waals surface area contributed by atoms with Gasteiger partial charge in [0.15, 0.2) is 0 Å². The molecule has 3 aromatic carbocycles. The summed E-state index contributed by atoms with van der Waals surface area (Å²) in [4.78, 5) is 83.6. The Morgan fingerprint density at radius 1 is 0.898 bits per heavy atom. The van der Waals surface area contributed by atoms with Crippen LogP contribution in [0.1, 0.15) is 63.0 Å². The van der Waals surface area contributed by atoms with Crippen molar-refractivity contribution in [2.75, 3.05) is 39.6 Å². The van der Waals surface area contributed by atoms with E-state index in [2.05, 4.69) is 25.9 Å². The number of urea groups is 1. The number of likely N-dealkylation sites (tertiary alicyclic amines) is 2. The standard InChI is InChI=1S/C43H49N9O6S/c1-25(2)35(48-43(57)58-5)40(54)51-21-9-13-32(51)37-44-24-31(46-37)26-15-17-28(18-16-26)39-47-30-20-19-29(23-34(30)59-39)45-42(56)49-38(53)33-14-10-22-52(33)41(55)36(50(3)4)27-11-7-6-8-12-27/h6-8,11-12,15-20,23-25,32-33,35-36H,9-10,13-14,21-22H2,1-5H3,(H,44,46)(H,48,57)(H2,45,49,53,56)/t32?,33?,35-,36?/m0/s1. The fraction of sp³-hybridized carbons (Fsp3) is 0.372. The number of hydrogen-bond donors (Lipinski definition) is 4. The van der Waals surface area contributed by atoms with Crippen LogP contribution in [0.3, 0.4) is 0 Å². The third kappa shape index (κ3) is 8.98. The van der Waals surface area contributed by atoms with E-state index in [0.717, 1.165) is 50.5 Å². The van der Waals surface area contributed by atoms with Gasteiger partial charge in [0.25, 0.3) is 5.91 Å². The Kier molecular flexibility index (Phi) is 12.4. The van der Waals surface area contributed by atoms with E-state index in [4.69, 9.17) is 9.72 Å². The van der Waals surface area contributed by atoms with Gasteiger partial charge in [-0.15, -0.1) is 11.3 Å². The molecule has 2 saturated heterocycles. The average Bonchev–Trinajstić information content (AvgIpc) is 4.06. The summed E-state index contributed by atoms with van der Waals surface area (Å²) in [6.45, 7) is 4.79. The molecule has 2 fully saturated rings. The Morgan fingerprint density at radius 2 is 1.61 bits per heavy atom. The molecule has 59 heavy (non-hydrogen) atoms. The van der Waals surface area contributed by atoms with Crippen molar-refractivity contribution in [1.29, 1.82) is 0 Å². The first-order valence-corrected chi connectivity index (χ1v) is 20.6. The van der Waals surface area contributed by atoms with Gasteiger partial charge in [0, 0.05) is 24.3 Å². The number of amides is 6. The second-order valence-corrected chi connectivity index (χ2v) is 16.4. The van der Waals surface area contributed by atoms with Gasteiger partial charge in [-0.2, -0.15) is 0 Å². The van der Waals surface area contributed by atoms with Gasteiger partial charge < -0.3 is 30.2 Å². The lowest BCUT2D eigenvalue weighted by Gasteiger charge is -2.31. The SMILES string of the molecule is COC(=O)N[C@H](C(=O)N1CCCC1c1ncc(-c2ccc(-c3nc4ccc(NC(=O)NC(=O)C5CCCN5C(=O)C(c5ccccc5)N(C)C)cc4s3)cc2)[nH]1)C(C)C. The smallest absolute Gasteiger partial charge is 0.407 e. The molecule has 0 saturated carbocycles. The molecular formula is C43H49N9O6S. The van der Waals surface area contributed by atoms with Crippen LogP contribution in [0.5, 0.6) is 0 Å². The monoisotopic (exact) mass is 819 g/mol. The van der Waals surface area contributed by atoms with Gasteiger partial charge in [0.2, 0.25) is 11.8 Å². The first-order chi connectivity index (χ1) is 28.4. The number of fused-ring (bicyclic) bond motifs is 1. The Hall–Kier alpha value is -6.13. The van der Waals surface area contributed by atoms with Gasteiger partial charge >= 0.3 is 12.1 Å². The normalized spacial score (nSPS) is 17.6. The molecule has 4 N–H and O–H groups in total. The van der Waals surface area contributed by atoms with Crippen LogP contribution >= 0.6 is 11.3 Å². The Labute approximate surface area is 346 Å². The lowest BCUT2D eigenvalue weighted by atomic mass is 10.0. The molecule has 0 radical (unpaired) electrons. The lowest BCUT2D eigenvalue weighted by molar-refractivity contribution is -0.142. The Balaban J connectivity index is 0.974. The van der Waals surface area contributed by atoms with Crippen molar-refractivity contribution in [2.45, 2.75) is 63.7 Å². The average molecular weight is 820 g/mol. The van der Waals surface area contributed by atoms with Crippen LogP contribution < -0.4 is 16.0 Å². The quantitative estimate of drug-likeness (QED) is 0.118. The number of anilines is 1. The number of carbonyl (C=O) groups excluding carboxylic acids is 5. The zero-order chi connectivity index (χ0) is 41.8. The topological polar surface area (TPSA) is 182 Å². The molecule has 2 aromatic heterocycles. The van der Waals surface area contributed by atoms with Crippen molar-refractivity contribution in [3.05, 3.63) is 90.4 Å². The number of hydrogen-bond acceptors (Lipinski definition) is 10. The molecular weight excluding hydrogens is 771 g/mol. The van der Waals surface area contributed by atoms with E-state index in [0.29, 0.717) is 37.4 Å². The van der Waals surface area contributed by atoms with Crippen LogP contribution in [0.4, 0.5) is 15.3 Å². The molecule has 308 valence electrons. The highest BCUT2D eigenvalue weighted by Gasteiger charge is 2.40. The Bertz CT molecular complexity index is 2330. The highest BCUT2D eigenvalue weighted by Crippen LogP contribution is 2.35. The molecule has 2 aliphatic heterocycles. The molecule has 7 rings (SSSR count). The molecule has 16 heteroatoms. The first-order valence-electron chi connectivity index (χ1n) is 19.8. The summed E-state index contributed by atoms with van der Waals surface area (Å²) < 4.78 is 5.60. The molecule has 0 aliphatic carbocycles.